The molecule has 0 saturated carbocycles. The van der Waals surface area contributed by atoms with Crippen molar-refractivity contribution in [3.8, 4) is 33.4 Å². The van der Waals surface area contributed by atoms with Crippen molar-refractivity contribution in [1.29, 1.82) is 0 Å². The van der Waals surface area contributed by atoms with E-state index in [0.29, 0.717) is 5.69 Å². The highest BCUT2D eigenvalue weighted by atomic mass is 16.3. The monoisotopic (exact) mass is 562 g/mol. The van der Waals surface area contributed by atoms with Gasteiger partial charge in [0.25, 0.3) is 0 Å². The van der Waals surface area contributed by atoms with Gasteiger partial charge >= 0.3 is 0 Å². The van der Waals surface area contributed by atoms with E-state index in [-0.39, 0.29) is 0 Å². The van der Waals surface area contributed by atoms with Gasteiger partial charge in [-0.1, -0.05) is 109 Å². The molecule has 0 atom stereocenters. The maximum atomic E-state index is 7.28. The van der Waals surface area contributed by atoms with Crippen molar-refractivity contribution >= 4 is 60.6 Å². The first kappa shape index (κ1) is 24.4. The van der Waals surface area contributed by atoms with Crippen LogP contribution in [0.15, 0.2) is 142 Å². The summed E-state index contributed by atoms with van der Waals surface area (Å²) in [5.41, 5.74) is 11.8. The van der Waals surface area contributed by atoms with E-state index in [4.69, 9.17) is 20.4 Å². The van der Waals surface area contributed by atoms with Crippen LogP contribution in [0.2, 0.25) is 0 Å². The number of hydrogen-bond donors (Lipinski definition) is 0. The zero-order valence-corrected chi connectivity index (χ0v) is 23.4. The number of pyridine rings is 1. The highest BCUT2D eigenvalue weighted by Crippen LogP contribution is 2.43. The smallest absolute Gasteiger partial charge is 0.187 e. The van der Waals surface area contributed by atoms with Crippen LogP contribution in [0.1, 0.15) is 0 Å². The molecule has 0 radical (unpaired) electrons. The van der Waals surface area contributed by atoms with Crippen LogP contribution < -0.4 is 0 Å². The van der Waals surface area contributed by atoms with Crippen molar-refractivity contribution in [3.05, 3.63) is 145 Å². The number of rotatable bonds is 3. The Labute approximate surface area is 252 Å². The normalized spacial score (nSPS) is 11.6. The molecule has 0 unspecified atom stereocenters. The van der Waals surface area contributed by atoms with Gasteiger partial charge in [0, 0.05) is 10.8 Å². The lowest BCUT2D eigenvalue weighted by Crippen LogP contribution is -1.87. The first-order valence-electron chi connectivity index (χ1n) is 14.5. The molecule has 6 aromatic carbocycles. The largest absolute Gasteiger partial charge is 0.454 e. The molecule has 0 N–H and O–H groups in total. The predicted octanol–water partition coefficient (Wildman–Crippen LogP) is 11.6. The maximum absolute atomic E-state index is 7.28. The minimum absolute atomic E-state index is 0.642. The maximum Gasteiger partial charge on any atom is 0.187 e. The molecule has 0 amide bonds. The van der Waals surface area contributed by atoms with E-state index in [1.165, 1.54) is 10.8 Å². The summed E-state index contributed by atoms with van der Waals surface area (Å²) in [6.07, 6.45) is 0. The molecule has 9 rings (SSSR count). The van der Waals surface area contributed by atoms with Crippen molar-refractivity contribution in [1.82, 2.24) is 4.98 Å². The molecule has 3 heterocycles. The quantitative estimate of drug-likeness (QED) is 0.201. The summed E-state index contributed by atoms with van der Waals surface area (Å²) in [7, 11) is 0. The van der Waals surface area contributed by atoms with E-state index in [0.717, 1.165) is 77.5 Å². The molecule has 9 aromatic rings. The second-order valence-electron chi connectivity index (χ2n) is 11.0. The molecule has 204 valence electrons. The third-order valence-electron chi connectivity index (χ3n) is 8.53. The number of benzene rings is 6. The van der Waals surface area contributed by atoms with Gasteiger partial charge in [-0.15, -0.1) is 0 Å². The number of furan rings is 2. The molecular weight excluding hydrogens is 540 g/mol. The first-order chi connectivity index (χ1) is 21.8. The number of aromatic nitrogens is 1. The van der Waals surface area contributed by atoms with E-state index in [9.17, 15) is 0 Å². The van der Waals surface area contributed by atoms with Gasteiger partial charge in [-0.05, 0) is 62.9 Å². The number of nitrogens with zero attached hydrogens (tertiary/aromatic N) is 2. The molecule has 0 saturated heterocycles. The van der Waals surface area contributed by atoms with Crippen LogP contribution in [0.3, 0.4) is 0 Å². The van der Waals surface area contributed by atoms with Crippen LogP contribution in [0.4, 0.5) is 5.69 Å². The zero-order valence-electron chi connectivity index (χ0n) is 23.4. The third-order valence-corrected chi connectivity index (χ3v) is 8.53. The van der Waals surface area contributed by atoms with Crippen LogP contribution in [0.25, 0.3) is 93.1 Å². The first-order valence-corrected chi connectivity index (χ1v) is 14.5. The average molecular weight is 563 g/mol. The number of para-hydroxylation sites is 2. The molecule has 0 aliphatic rings. The SMILES string of the molecule is [C-]#[N+]c1ccc(-c2ccc(-c3ccc(-c4c5oc6ccccc6c5nc5c4oc4ccccc45)cc3)c3ccccc23)cc1. The van der Waals surface area contributed by atoms with Gasteiger partial charge < -0.3 is 8.83 Å². The molecule has 0 fully saturated rings. The summed E-state index contributed by atoms with van der Waals surface area (Å²) in [6.45, 7) is 7.28. The molecule has 3 aromatic heterocycles. The highest BCUT2D eigenvalue weighted by Gasteiger charge is 2.22. The summed E-state index contributed by atoms with van der Waals surface area (Å²) >= 11 is 0. The Hall–Kier alpha value is -6.18. The summed E-state index contributed by atoms with van der Waals surface area (Å²) in [5, 5.41) is 4.33. The molecule has 4 heteroatoms. The highest BCUT2D eigenvalue weighted by molar-refractivity contribution is 6.18. The molecule has 0 aliphatic carbocycles. The fraction of sp³-hybridized carbons (Fsp3) is 0. The van der Waals surface area contributed by atoms with Gasteiger partial charge in [-0.2, -0.15) is 0 Å². The fourth-order valence-corrected chi connectivity index (χ4v) is 6.44. The summed E-state index contributed by atoms with van der Waals surface area (Å²) in [6, 6.07) is 45.4. The minimum Gasteiger partial charge on any atom is -0.454 e. The van der Waals surface area contributed by atoms with Crippen molar-refractivity contribution < 1.29 is 8.83 Å². The second-order valence-corrected chi connectivity index (χ2v) is 11.0. The van der Waals surface area contributed by atoms with E-state index in [1.807, 2.05) is 60.7 Å². The van der Waals surface area contributed by atoms with E-state index < -0.39 is 0 Å². The van der Waals surface area contributed by atoms with Crippen LogP contribution >= 0.6 is 0 Å². The Bertz CT molecular complexity index is 2510. The lowest BCUT2D eigenvalue weighted by molar-refractivity contribution is 0.657. The van der Waals surface area contributed by atoms with Crippen LogP contribution in [0.5, 0.6) is 0 Å². The Morgan fingerprint density at radius 3 is 1.39 bits per heavy atom. The van der Waals surface area contributed by atoms with Crippen LogP contribution in [-0.4, -0.2) is 4.98 Å². The van der Waals surface area contributed by atoms with E-state index >= 15 is 0 Å². The Morgan fingerprint density at radius 2 is 0.886 bits per heavy atom. The van der Waals surface area contributed by atoms with Crippen molar-refractivity contribution in [2.24, 2.45) is 0 Å². The third kappa shape index (κ3) is 3.60. The van der Waals surface area contributed by atoms with Crippen LogP contribution in [0, 0.1) is 6.57 Å². The Kier molecular flexibility index (Phi) is 5.23. The summed E-state index contributed by atoms with van der Waals surface area (Å²) in [5.74, 6) is 0. The van der Waals surface area contributed by atoms with Gasteiger partial charge in [0.1, 0.15) is 22.2 Å². The second kappa shape index (κ2) is 9.42. The molecular formula is C40H22N2O2. The van der Waals surface area contributed by atoms with Crippen molar-refractivity contribution in [2.75, 3.05) is 0 Å². The van der Waals surface area contributed by atoms with Gasteiger partial charge in [0.05, 0.1) is 12.1 Å². The zero-order chi connectivity index (χ0) is 29.2. The Morgan fingerprint density at radius 1 is 0.455 bits per heavy atom. The van der Waals surface area contributed by atoms with E-state index in [1.54, 1.807) is 0 Å². The van der Waals surface area contributed by atoms with Gasteiger partial charge in [0.2, 0.25) is 0 Å². The van der Waals surface area contributed by atoms with Crippen molar-refractivity contribution in [3.63, 3.8) is 0 Å². The minimum atomic E-state index is 0.642. The summed E-state index contributed by atoms with van der Waals surface area (Å²) in [4.78, 5) is 8.62. The number of fused-ring (bicyclic) bond motifs is 7. The van der Waals surface area contributed by atoms with Gasteiger partial charge in [-0.3, -0.25) is 0 Å². The molecule has 44 heavy (non-hydrogen) atoms. The Balaban J connectivity index is 1.23. The molecule has 0 aliphatic heterocycles. The lowest BCUT2D eigenvalue weighted by atomic mass is 9.91. The average Bonchev–Trinajstić information content (AvgIpc) is 3.65. The van der Waals surface area contributed by atoms with Gasteiger partial charge in [-0.25, -0.2) is 9.83 Å². The topological polar surface area (TPSA) is 43.5 Å². The van der Waals surface area contributed by atoms with Crippen LogP contribution in [-0.2, 0) is 0 Å². The lowest BCUT2D eigenvalue weighted by Gasteiger charge is -2.13. The standard InChI is InChI=1S/C40H22N2O2/c1-41-27-20-18-25(19-21-27)29-23-22-28(30-8-2-3-9-31(29)30)24-14-16-26(17-15-24)36-39-37(32-10-4-6-12-34(32)43-39)42-38-33-11-5-7-13-35(33)44-40(36)38/h2-23H. The fourth-order valence-electron chi connectivity index (χ4n) is 6.44. The molecule has 0 spiro atoms. The van der Waals surface area contributed by atoms with Crippen molar-refractivity contribution in [2.45, 2.75) is 0 Å². The summed E-state index contributed by atoms with van der Waals surface area (Å²) < 4.78 is 12.9. The molecule has 0 bridgehead atoms. The van der Waals surface area contributed by atoms with Gasteiger partial charge in [0.15, 0.2) is 16.9 Å². The number of hydrogen-bond acceptors (Lipinski definition) is 3. The predicted molar refractivity (Wildman–Crippen MR) is 179 cm³/mol. The van der Waals surface area contributed by atoms with E-state index in [2.05, 4.69) is 77.6 Å². The molecule has 4 nitrogen and oxygen atoms in total.